The third-order valence-corrected chi connectivity index (χ3v) is 2.05. The number of fused-ring (bicyclic) bond motifs is 1. The molecule has 0 N–H and O–H groups in total. The Morgan fingerprint density at radius 2 is 2.00 bits per heavy atom. The van der Waals surface area contributed by atoms with Crippen molar-refractivity contribution in [2.45, 2.75) is 13.3 Å². The van der Waals surface area contributed by atoms with E-state index in [4.69, 9.17) is 9.47 Å². The molecule has 1 radical (unpaired) electrons. The van der Waals surface area contributed by atoms with E-state index in [1.807, 2.05) is 6.07 Å². The third-order valence-electron chi connectivity index (χ3n) is 2.05. The van der Waals surface area contributed by atoms with Crippen molar-refractivity contribution in [3.8, 4) is 11.5 Å². The largest absolute Gasteiger partial charge is 0.486 e. The molecular formula is C11H13O2. The van der Waals surface area contributed by atoms with Crippen molar-refractivity contribution in [1.82, 2.24) is 0 Å². The van der Waals surface area contributed by atoms with Crippen LogP contribution in [0.2, 0.25) is 0 Å². The van der Waals surface area contributed by atoms with Gasteiger partial charge in [0.1, 0.15) is 13.2 Å². The highest BCUT2D eigenvalue weighted by molar-refractivity contribution is 5.44. The molecule has 1 aliphatic rings. The zero-order chi connectivity index (χ0) is 9.10. The standard InChI is InChI=1S/C11H13O2/c1-2-3-9-4-5-10-11(8-9)13-7-6-12-10/h2,4-5,8H,3,6-7H2,1H3. The topological polar surface area (TPSA) is 18.5 Å². The van der Waals surface area contributed by atoms with Gasteiger partial charge in [0.05, 0.1) is 0 Å². The Kier molecular flexibility index (Phi) is 2.39. The SMILES string of the molecule is C[CH]Cc1ccc2c(c1)OCCO2. The normalized spacial score (nSPS) is 14.2. The molecular weight excluding hydrogens is 164 g/mol. The van der Waals surface area contributed by atoms with Crippen LogP contribution in [0.1, 0.15) is 12.5 Å². The first-order chi connectivity index (χ1) is 6.40. The minimum absolute atomic E-state index is 0.659. The number of hydrogen-bond acceptors (Lipinski definition) is 2. The van der Waals surface area contributed by atoms with Crippen molar-refractivity contribution in [2.24, 2.45) is 0 Å². The summed E-state index contributed by atoms with van der Waals surface area (Å²) in [5.74, 6) is 1.75. The highest BCUT2D eigenvalue weighted by Crippen LogP contribution is 2.30. The molecule has 2 nitrogen and oxygen atoms in total. The van der Waals surface area contributed by atoms with E-state index in [2.05, 4.69) is 25.5 Å². The smallest absolute Gasteiger partial charge is 0.161 e. The summed E-state index contributed by atoms with van der Waals surface area (Å²) < 4.78 is 10.9. The maximum absolute atomic E-state index is 5.47. The molecule has 1 aliphatic heterocycles. The fourth-order valence-corrected chi connectivity index (χ4v) is 1.45. The minimum Gasteiger partial charge on any atom is -0.486 e. The molecule has 2 heteroatoms. The highest BCUT2D eigenvalue weighted by atomic mass is 16.6. The van der Waals surface area contributed by atoms with Gasteiger partial charge in [0.15, 0.2) is 11.5 Å². The molecule has 0 saturated carbocycles. The Balaban J connectivity index is 2.24. The lowest BCUT2D eigenvalue weighted by molar-refractivity contribution is 0.171. The summed E-state index contributed by atoms with van der Waals surface area (Å²) in [6.07, 6.45) is 3.11. The Labute approximate surface area is 78.5 Å². The Hall–Kier alpha value is -1.18. The van der Waals surface area contributed by atoms with Crippen LogP contribution in [0, 0.1) is 6.42 Å². The van der Waals surface area contributed by atoms with Crippen LogP contribution >= 0.6 is 0 Å². The van der Waals surface area contributed by atoms with E-state index >= 15 is 0 Å². The molecule has 1 aromatic rings. The van der Waals surface area contributed by atoms with E-state index in [0.29, 0.717) is 13.2 Å². The van der Waals surface area contributed by atoms with Gasteiger partial charge in [-0.1, -0.05) is 13.0 Å². The first-order valence-electron chi connectivity index (χ1n) is 4.56. The van der Waals surface area contributed by atoms with Crippen LogP contribution in [0.15, 0.2) is 18.2 Å². The fourth-order valence-electron chi connectivity index (χ4n) is 1.45. The quantitative estimate of drug-likeness (QED) is 0.689. The third kappa shape index (κ3) is 1.77. The predicted molar refractivity (Wildman–Crippen MR) is 51.1 cm³/mol. The average molecular weight is 177 g/mol. The van der Waals surface area contributed by atoms with E-state index in [9.17, 15) is 0 Å². The van der Waals surface area contributed by atoms with Crippen molar-refractivity contribution in [3.05, 3.63) is 30.2 Å². The van der Waals surface area contributed by atoms with Gasteiger partial charge >= 0.3 is 0 Å². The molecule has 69 valence electrons. The monoisotopic (exact) mass is 177 g/mol. The van der Waals surface area contributed by atoms with Gasteiger partial charge < -0.3 is 9.47 Å². The lowest BCUT2D eigenvalue weighted by atomic mass is 10.1. The van der Waals surface area contributed by atoms with Crippen LogP contribution in [0.4, 0.5) is 0 Å². The van der Waals surface area contributed by atoms with Gasteiger partial charge in [0.25, 0.3) is 0 Å². The first-order valence-corrected chi connectivity index (χ1v) is 4.56. The highest BCUT2D eigenvalue weighted by Gasteiger charge is 2.10. The van der Waals surface area contributed by atoms with Gasteiger partial charge in [-0.25, -0.2) is 0 Å². The van der Waals surface area contributed by atoms with Gasteiger partial charge in [-0.05, 0) is 30.5 Å². The van der Waals surface area contributed by atoms with Crippen LogP contribution in [-0.4, -0.2) is 13.2 Å². The second-order valence-electron chi connectivity index (χ2n) is 3.09. The summed E-state index contributed by atoms with van der Waals surface area (Å²) >= 11 is 0. The van der Waals surface area contributed by atoms with Crippen LogP contribution in [0.3, 0.4) is 0 Å². The van der Waals surface area contributed by atoms with E-state index < -0.39 is 0 Å². The summed E-state index contributed by atoms with van der Waals surface area (Å²) in [5, 5.41) is 0. The maximum atomic E-state index is 5.47. The van der Waals surface area contributed by atoms with E-state index in [-0.39, 0.29) is 0 Å². The Bertz CT molecular complexity index is 294. The summed E-state index contributed by atoms with van der Waals surface area (Å²) in [7, 11) is 0. The van der Waals surface area contributed by atoms with E-state index in [1.54, 1.807) is 0 Å². The predicted octanol–water partition coefficient (Wildman–Crippen LogP) is 2.22. The molecule has 0 bridgehead atoms. The number of hydrogen-bond donors (Lipinski definition) is 0. The molecule has 0 aliphatic carbocycles. The lowest BCUT2D eigenvalue weighted by Crippen LogP contribution is -2.15. The summed E-state index contributed by atoms with van der Waals surface area (Å²) in [6.45, 7) is 3.37. The minimum atomic E-state index is 0.659. The van der Waals surface area contributed by atoms with Gasteiger partial charge in [0, 0.05) is 0 Å². The first kappa shape index (κ1) is 8.42. The molecule has 0 saturated heterocycles. The zero-order valence-corrected chi connectivity index (χ0v) is 7.75. The van der Waals surface area contributed by atoms with Gasteiger partial charge in [-0.3, -0.25) is 0 Å². The van der Waals surface area contributed by atoms with E-state index in [0.717, 1.165) is 17.9 Å². The molecule has 0 fully saturated rings. The van der Waals surface area contributed by atoms with Crippen LogP contribution in [0.5, 0.6) is 11.5 Å². The Morgan fingerprint density at radius 1 is 1.23 bits per heavy atom. The zero-order valence-electron chi connectivity index (χ0n) is 7.75. The van der Waals surface area contributed by atoms with Crippen LogP contribution in [-0.2, 0) is 6.42 Å². The van der Waals surface area contributed by atoms with Crippen LogP contribution < -0.4 is 9.47 Å². The molecule has 0 aromatic heterocycles. The van der Waals surface area contributed by atoms with Crippen LogP contribution in [0.25, 0.3) is 0 Å². The lowest BCUT2D eigenvalue weighted by Gasteiger charge is -2.18. The molecule has 13 heavy (non-hydrogen) atoms. The fraction of sp³-hybridized carbons (Fsp3) is 0.364. The van der Waals surface area contributed by atoms with Crippen molar-refractivity contribution in [1.29, 1.82) is 0 Å². The number of rotatable bonds is 2. The van der Waals surface area contributed by atoms with Gasteiger partial charge in [0.2, 0.25) is 0 Å². The van der Waals surface area contributed by atoms with Crippen molar-refractivity contribution in [3.63, 3.8) is 0 Å². The average Bonchev–Trinajstić information content (AvgIpc) is 2.18. The molecule has 0 spiro atoms. The van der Waals surface area contributed by atoms with Gasteiger partial charge in [-0.2, -0.15) is 0 Å². The summed E-state index contributed by atoms with van der Waals surface area (Å²) in [5.41, 5.74) is 1.27. The second-order valence-corrected chi connectivity index (χ2v) is 3.09. The van der Waals surface area contributed by atoms with Crippen molar-refractivity contribution >= 4 is 0 Å². The number of benzene rings is 1. The summed E-state index contributed by atoms with van der Waals surface area (Å²) in [6, 6.07) is 6.11. The number of ether oxygens (including phenoxy) is 2. The van der Waals surface area contributed by atoms with Crippen molar-refractivity contribution < 1.29 is 9.47 Å². The second kappa shape index (κ2) is 3.69. The van der Waals surface area contributed by atoms with Gasteiger partial charge in [-0.15, -0.1) is 0 Å². The molecule has 0 amide bonds. The molecule has 1 heterocycles. The molecule has 2 rings (SSSR count). The maximum Gasteiger partial charge on any atom is 0.161 e. The molecule has 1 aromatic carbocycles. The molecule has 0 unspecified atom stereocenters. The molecule has 0 atom stereocenters. The summed E-state index contributed by atoms with van der Waals surface area (Å²) in [4.78, 5) is 0. The van der Waals surface area contributed by atoms with Crippen molar-refractivity contribution in [2.75, 3.05) is 13.2 Å². The van der Waals surface area contributed by atoms with E-state index in [1.165, 1.54) is 5.56 Å². The Morgan fingerprint density at radius 3 is 2.77 bits per heavy atom.